The smallest absolute Gasteiger partial charge is 0.431 e. The van der Waals surface area contributed by atoms with E-state index in [9.17, 15) is 26.4 Å². The van der Waals surface area contributed by atoms with Crippen LogP contribution in [-0.2, 0) is 31.4 Å². The number of alkyl halides is 3. The first kappa shape index (κ1) is 30.7. The van der Waals surface area contributed by atoms with E-state index in [0.29, 0.717) is 18.0 Å². The highest BCUT2D eigenvalue weighted by molar-refractivity contribution is 7.89. The Labute approximate surface area is 227 Å². The number of fused-ring (bicyclic) bond motifs is 1. The molecule has 4 rings (SSSR count). The number of carbonyl (C=O) groups excluding carboxylic acids is 1. The van der Waals surface area contributed by atoms with Crippen molar-refractivity contribution in [3.63, 3.8) is 0 Å². The molecule has 1 saturated heterocycles. The van der Waals surface area contributed by atoms with E-state index in [2.05, 4.69) is 26.7 Å². The maximum Gasteiger partial charge on any atom is 0.522 e. The highest BCUT2D eigenvalue weighted by Crippen LogP contribution is 2.31. The molecule has 3 aromatic rings. The molecule has 0 bridgehead atoms. The van der Waals surface area contributed by atoms with Crippen LogP contribution in [-0.4, -0.2) is 68.6 Å². The number of hydrogen-bond donors (Lipinski definition) is 2. The monoisotopic (exact) mass is 609 g/mol. The minimum absolute atomic E-state index is 0.232. The molecule has 0 radical (unpaired) electrons. The van der Waals surface area contributed by atoms with Gasteiger partial charge < -0.3 is 9.64 Å². The standard InChI is InChI=1S/C22H25N3O4S2.CHF3O3S/c1-31(27,28)24-21(26)17-11-14-25(15-12-17)13-10-16-6-8-18(9-7-16)29-22-23-19-4-2-3-5-20(19)30-22;2-1(3,4)8(5,6)7/h2-9,17H,10-15H2,1H3,(H,24,26);(H,5,6,7). The SMILES string of the molecule is CS(=O)(=O)NC(=O)C1CCN(CCc2ccc(Oc3nc4ccccc4s3)cc2)CC1.O=S(=O)(O)C(F)(F)F. The maximum absolute atomic E-state index is 12.0. The zero-order valence-electron chi connectivity index (χ0n) is 20.6. The minimum Gasteiger partial charge on any atom is -0.431 e. The van der Waals surface area contributed by atoms with Gasteiger partial charge in [-0.3, -0.25) is 14.1 Å². The predicted octanol–water partition coefficient (Wildman–Crippen LogP) is 3.81. The first-order chi connectivity index (χ1) is 18.1. The van der Waals surface area contributed by atoms with Crippen molar-refractivity contribution in [2.24, 2.45) is 5.92 Å². The molecule has 2 aromatic carbocycles. The van der Waals surface area contributed by atoms with Crippen LogP contribution in [0, 0.1) is 5.92 Å². The summed E-state index contributed by atoms with van der Waals surface area (Å²) in [7, 11) is -9.33. The van der Waals surface area contributed by atoms with Crippen LogP contribution in [0.5, 0.6) is 10.9 Å². The number of rotatable bonds is 7. The van der Waals surface area contributed by atoms with E-state index in [-0.39, 0.29) is 11.8 Å². The summed E-state index contributed by atoms with van der Waals surface area (Å²) in [4.78, 5) is 18.8. The van der Waals surface area contributed by atoms with Gasteiger partial charge >= 0.3 is 15.6 Å². The average molecular weight is 610 g/mol. The van der Waals surface area contributed by atoms with Gasteiger partial charge in [-0.2, -0.15) is 21.6 Å². The van der Waals surface area contributed by atoms with Gasteiger partial charge in [-0.15, -0.1) is 0 Å². The third-order valence-corrected chi connectivity index (χ3v) is 7.73. The first-order valence-electron chi connectivity index (χ1n) is 11.5. The summed E-state index contributed by atoms with van der Waals surface area (Å²) in [5, 5.41) is 0.636. The topological polar surface area (TPSA) is 143 Å². The summed E-state index contributed by atoms with van der Waals surface area (Å²) in [6.45, 7) is 2.49. The van der Waals surface area contributed by atoms with Crippen LogP contribution in [0.3, 0.4) is 0 Å². The number of sulfonamides is 1. The van der Waals surface area contributed by atoms with Crippen molar-refractivity contribution in [2.75, 3.05) is 25.9 Å². The number of amides is 1. The predicted molar refractivity (Wildman–Crippen MR) is 140 cm³/mol. The van der Waals surface area contributed by atoms with E-state index in [1.165, 1.54) is 16.9 Å². The van der Waals surface area contributed by atoms with Crippen LogP contribution in [0.15, 0.2) is 48.5 Å². The molecule has 1 fully saturated rings. The number of piperidine rings is 1. The molecular weight excluding hydrogens is 583 g/mol. The van der Waals surface area contributed by atoms with Gasteiger partial charge in [0.2, 0.25) is 15.9 Å². The lowest BCUT2D eigenvalue weighted by Gasteiger charge is -2.31. The number of hydrogen-bond acceptors (Lipinski definition) is 9. The Hall–Kier alpha value is -2.79. The second kappa shape index (κ2) is 12.6. The summed E-state index contributed by atoms with van der Waals surface area (Å²) < 4.78 is 89.1. The summed E-state index contributed by atoms with van der Waals surface area (Å²) in [6.07, 6.45) is 3.27. The largest absolute Gasteiger partial charge is 0.522 e. The van der Waals surface area contributed by atoms with Crippen molar-refractivity contribution in [1.29, 1.82) is 0 Å². The Kier molecular flexibility index (Phi) is 9.93. The van der Waals surface area contributed by atoms with Gasteiger partial charge in [0.25, 0.3) is 5.19 Å². The van der Waals surface area contributed by atoms with Crippen LogP contribution in [0.2, 0.25) is 0 Å². The average Bonchev–Trinajstić information content (AvgIpc) is 3.24. The van der Waals surface area contributed by atoms with E-state index in [4.69, 9.17) is 17.7 Å². The Balaban J connectivity index is 0.000000459. The Morgan fingerprint density at radius 3 is 2.23 bits per heavy atom. The summed E-state index contributed by atoms with van der Waals surface area (Å²) in [6, 6.07) is 16.0. The van der Waals surface area contributed by atoms with E-state index >= 15 is 0 Å². The molecule has 2 heterocycles. The molecule has 16 heteroatoms. The lowest BCUT2D eigenvalue weighted by atomic mass is 9.96. The molecular formula is C23H26F3N3O7S3. The fourth-order valence-electron chi connectivity index (χ4n) is 3.69. The molecule has 214 valence electrons. The van der Waals surface area contributed by atoms with Gasteiger partial charge in [-0.05, 0) is 62.2 Å². The van der Waals surface area contributed by atoms with Gasteiger partial charge in [0.05, 0.1) is 16.5 Å². The first-order valence-corrected chi connectivity index (χ1v) is 15.7. The third-order valence-electron chi connectivity index (χ3n) is 5.66. The van der Waals surface area contributed by atoms with Gasteiger partial charge in [0.15, 0.2) is 0 Å². The third kappa shape index (κ3) is 9.72. The number of halogens is 3. The fraction of sp³-hybridized carbons (Fsp3) is 0.391. The van der Waals surface area contributed by atoms with E-state index in [0.717, 1.165) is 48.3 Å². The molecule has 1 aliphatic heterocycles. The number of nitrogens with one attached hydrogen (secondary N) is 1. The van der Waals surface area contributed by atoms with Crippen LogP contribution < -0.4 is 9.46 Å². The van der Waals surface area contributed by atoms with E-state index < -0.39 is 25.6 Å². The van der Waals surface area contributed by atoms with Crippen molar-refractivity contribution in [3.8, 4) is 10.9 Å². The van der Waals surface area contributed by atoms with Crippen molar-refractivity contribution in [1.82, 2.24) is 14.6 Å². The molecule has 0 spiro atoms. The van der Waals surface area contributed by atoms with Gasteiger partial charge in [0.1, 0.15) is 5.75 Å². The highest BCUT2D eigenvalue weighted by atomic mass is 32.2. The molecule has 0 unspecified atom stereocenters. The number of benzene rings is 2. The van der Waals surface area contributed by atoms with E-state index in [1.807, 2.05) is 36.4 Å². The molecule has 1 aromatic heterocycles. The van der Waals surface area contributed by atoms with Crippen molar-refractivity contribution in [3.05, 3.63) is 54.1 Å². The maximum atomic E-state index is 12.0. The summed E-state index contributed by atoms with van der Waals surface area (Å²) in [5.74, 6) is 0.149. The van der Waals surface area contributed by atoms with Crippen molar-refractivity contribution < 1.29 is 44.1 Å². The quantitative estimate of drug-likeness (QED) is 0.302. The van der Waals surface area contributed by atoms with Gasteiger partial charge in [-0.1, -0.05) is 35.6 Å². The number of ether oxygens (including phenoxy) is 1. The molecule has 1 amide bonds. The molecule has 39 heavy (non-hydrogen) atoms. The summed E-state index contributed by atoms with van der Waals surface area (Å²) >= 11 is 1.53. The Morgan fingerprint density at radius 1 is 1.10 bits per heavy atom. The molecule has 2 N–H and O–H groups in total. The van der Waals surface area contributed by atoms with Gasteiger partial charge in [-0.25, -0.2) is 13.4 Å². The normalized spacial score (nSPS) is 15.4. The zero-order chi connectivity index (χ0) is 28.8. The van der Waals surface area contributed by atoms with Crippen molar-refractivity contribution >= 4 is 47.6 Å². The fourth-order valence-corrected chi connectivity index (χ4v) is 5.06. The molecule has 10 nitrogen and oxygen atoms in total. The number of aromatic nitrogens is 1. The second-order valence-corrected chi connectivity index (χ2v) is 12.9. The number of thiazole rings is 1. The molecule has 0 atom stereocenters. The molecule has 0 saturated carbocycles. The lowest BCUT2D eigenvalue weighted by molar-refractivity contribution is -0.124. The van der Waals surface area contributed by atoms with Crippen LogP contribution >= 0.6 is 11.3 Å². The number of nitrogens with zero attached hydrogens (tertiary/aromatic N) is 2. The molecule has 1 aliphatic rings. The number of carbonyl (C=O) groups is 1. The summed E-state index contributed by atoms with van der Waals surface area (Å²) in [5.41, 5.74) is -3.38. The van der Waals surface area contributed by atoms with Crippen molar-refractivity contribution in [2.45, 2.75) is 24.8 Å². The van der Waals surface area contributed by atoms with Crippen LogP contribution in [0.4, 0.5) is 13.2 Å². The van der Waals surface area contributed by atoms with Gasteiger partial charge in [0, 0.05) is 12.5 Å². The number of para-hydroxylation sites is 1. The minimum atomic E-state index is -5.84. The molecule has 0 aliphatic carbocycles. The zero-order valence-corrected chi connectivity index (χ0v) is 23.0. The Bertz CT molecular complexity index is 1450. The van der Waals surface area contributed by atoms with E-state index in [1.54, 1.807) is 0 Å². The highest BCUT2D eigenvalue weighted by Gasteiger charge is 2.44. The van der Waals surface area contributed by atoms with Crippen LogP contribution in [0.25, 0.3) is 10.2 Å². The second-order valence-electron chi connectivity index (χ2n) is 8.72. The van der Waals surface area contributed by atoms with Crippen LogP contribution in [0.1, 0.15) is 18.4 Å². The lowest BCUT2D eigenvalue weighted by Crippen LogP contribution is -2.42. The number of likely N-dealkylation sites (tertiary alicyclic amines) is 1. The Morgan fingerprint density at radius 2 is 1.69 bits per heavy atom.